The predicted molar refractivity (Wildman–Crippen MR) is 53.2 cm³/mol. The maximum absolute atomic E-state index is 5.46. The molecule has 2 unspecified atom stereocenters. The zero-order valence-electron chi connectivity index (χ0n) is 8.80. The van der Waals surface area contributed by atoms with E-state index in [0.29, 0.717) is 13.3 Å². The minimum atomic E-state index is -0.123. The third-order valence-corrected chi connectivity index (χ3v) is 1.44. The van der Waals surface area contributed by atoms with Crippen LogP contribution in [-0.4, -0.2) is 39.3 Å². The van der Waals surface area contributed by atoms with Crippen molar-refractivity contribution in [3.8, 4) is 0 Å². The van der Waals surface area contributed by atoms with Crippen LogP contribution in [0, 0.1) is 6.92 Å². The molecule has 0 saturated heterocycles. The van der Waals surface area contributed by atoms with E-state index in [9.17, 15) is 0 Å². The Morgan fingerprint density at radius 3 is 2.69 bits per heavy atom. The predicted octanol–water partition coefficient (Wildman–Crippen LogP) is 0.355. The number of hydrogen-bond acceptors (Lipinski definition) is 4. The Morgan fingerprint density at radius 1 is 1.46 bits per heavy atom. The highest BCUT2D eigenvalue weighted by Gasteiger charge is 2.06. The van der Waals surface area contributed by atoms with Crippen LogP contribution in [0.5, 0.6) is 0 Å². The molecule has 0 aromatic heterocycles. The molecular formula is C9H21N2O2. The third-order valence-electron chi connectivity index (χ3n) is 1.44. The van der Waals surface area contributed by atoms with Crippen LogP contribution in [0.1, 0.15) is 13.8 Å². The van der Waals surface area contributed by atoms with Crippen LogP contribution in [0.2, 0.25) is 0 Å². The van der Waals surface area contributed by atoms with Gasteiger partial charge in [0.15, 0.2) is 0 Å². The van der Waals surface area contributed by atoms with Gasteiger partial charge in [0, 0.05) is 0 Å². The summed E-state index contributed by atoms with van der Waals surface area (Å²) in [5.74, 6) is 0. The third kappa shape index (κ3) is 8.18. The van der Waals surface area contributed by atoms with Gasteiger partial charge in [-0.05, 0) is 27.4 Å². The Kier molecular flexibility index (Phi) is 8.33. The molecule has 0 fully saturated rings. The van der Waals surface area contributed by atoms with Gasteiger partial charge in [-0.2, -0.15) is 0 Å². The maximum Gasteiger partial charge on any atom is 0.105 e. The number of nitrogens with one attached hydrogen (secondary N) is 2. The molecule has 2 atom stereocenters. The Labute approximate surface area is 81.0 Å². The fourth-order valence-electron chi connectivity index (χ4n) is 0.956. The van der Waals surface area contributed by atoms with E-state index in [1.54, 1.807) is 0 Å². The number of ether oxygens (including phenoxy) is 2. The largest absolute Gasteiger partial charge is 0.364 e. The smallest absolute Gasteiger partial charge is 0.105 e. The lowest BCUT2D eigenvalue weighted by molar-refractivity contribution is -0.0423. The lowest BCUT2D eigenvalue weighted by Crippen LogP contribution is -2.33. The van der Waals surface area contributed by atoms with Crippen molar-refractivity contribution in [1.29, 1.82) is 0 Å². The van der Waals surface area contributed by atoms with Crippen LogP contribution in [0.25, 0.3) is 0 Å². The van der Waals surface area contributed by atoms with Crippen molar-refractivity contribution < 1.29 is 9.47 Å². The monoisotopic (exact) mass is 189 g/mol. The van der Waals surface area contributed by atoms with Crippen molar-refractivity contribution in [3.05, 3.63) is 6.92 Å². The number of hydrogen-bond donors (Lipinski definition) is 2. The van der Waals surface area contributed by atoms with Gasteiger partial charge in [0.1, 0.15) is 6.23 Å². The highest BCUT2D eigenvalue weighted by molar-refractivity contribution is 4.60. The van der Waals surface area contributed by atoms with Crippen LogP contribution in [0.4, 0.5) is 0 Å². The summed E-state index contributed by atoms with van der Waals surface area (Å²) in [5.41, 5.74) is 0. The van der Waals surface area contributed by atoms with Gasteiger partial charge in [-0.1, -0.05) is 6.92 Å². The molecule has 1 radical (unpaired) electrons. The van der Waals surface area contributed by atoms with Crippen LogP contribution in [-0.2, 0) is 9.47 Å². The van der Waals surface area contributed by atoms with Gasteiger partial charge in [0.25, 0.3) is 0 Å². The van der Waals surface area contributed by atoms with Crippen molar-refractivity contribution in [1.82, 2.24) is 10.6 Å². The summed E-state index contributed by atoms with van der Waals surface area (Å²) in [5, 5.41) is 6.01. The minimum Gasteiger partial charge on any atom is -0.364 e. The molecule has 0 aromatic carbocycles. The number of rotatable bonds is 8. The summed E-state index contributed by atoms with van der Waals surface area (Å²) in [6, 6.07) is 0. The molecule has 2 N–H and O–H groups in total. The molecule has 79 valence electrons. The molecule has 0 aliphatic heterocycles. The van der Waals surface area contributed by atoms with Gasteiger partial charge in [0.05, 0.1) is 19.4 Å². The fourth-order valence-corrected chi connectivity index (χ4v) is 0.956. The molecule has 0 heterocycles. The van der Waals surface area contributed by atoms with Gasteiger partial charge in [0.2, 0.25) is 0 Å². The van der Waals surface area contributed by atoms with Crippen LogP contribution in [0.15, 0.2) is 0 Å². The van der Waals surface area contributed by atoms with Crippen molar-refractivity contribution in [2.75, 3.05) is 26.9 Å². The van der Waals surface area contributed by atoms with Gasteiger partial charge in [-0.15, -0.1) is 0 Å². The van der Waals surface area contributed by atoms with Gasteiger partial charge in [-0.3, -0.25) is 10.6 Å². The van der Waals surface area contributed by atoms with E-state index >= 15 is 0 Å². The normalized spacial score (nSPS) is 15.7. The van der Waals surface area contributed by atoms with E-state index in [2.05, 4.69) is 17.6 Å². The lowest BCUT2D eigenvalue weighted by atomic mass is 10.4. The van der Waals surface area contributed by atoms with Gasteiger partial charge in [-0.25, -0.2) is 0 Å². The second-order valence-electron chi connectivity index (χ2n) is 2.83. The maximum atomic E-state index is 5.46. The standard InChI is InChI=1S/C9H21N2O2/c1-5-11-9(3)13-8(2)6-12-7-10-4/h8-11H,2,5-7H2,1,3-4H3. The molecule has 0 bridgehead atoms. The summed E-state index contributed by atoms with van der Waals surface area (Å²) in [6.07, 6.45) is -0.0897. The molecule has 4 heteroatoms. The molecule has 0 rings (SSSR count). The van der Waals surface area contributed by atoms with Crippen LogP contribution >= 0.6 is 0 Å². The summed E-state index contributed by atoms with van der Waals surface area (Å²) < 4.78 is 10.7. The summed E-state index contributed by atoms with van der Waals surface area (Å²) in [7, 11) is 1.83. The lowest BCUT2D eigenvalue weighted by Gasteiger charge is -2.19. The Hall–Kier alpha value is -0.160. The zero-order valence-corrected chi connectivity index (χ0v) is 8.80. The first-order chi connectivity index (χ1) is 6.20. The molecule has 0 spiro atoms. The van der Waals surface area contributed by atoms with Crippen molar-refractivity contribution in [3.63, 3.8) is 0 Å². The minimum absolute atomic E-state index is 0.0330. The average molecular weight is 189 g/mol. The first kappa shape index (κ1) is 12.8. The Balaban J connectivity index is 3.32. The first-order valence-corrected chi connectivity index (χ1v) is 4.65. The molecule has 0 aliphatic carbocycles. The molecule has 0 saturated carbocycles. The van der Waals surface area contributed by atoms with E-state index in [0.717, 1.165) is 6.54 Å². The van der Waals surface area contributed by atoms with Crippen LogP contribution < -0.4 is 10.6 Å². The Morgan fingerprint density at radius 2 is 2.15 bits per heavy atom. The molecular weight excluding hydrogens is 168 g/mol. The second kappa shape index (κ2) is 8.44. The summed E-state index contributed by atoms with van der Waals surface area (Å²) in [4.78, 5) is 0. The van der Waals surface area contributed by atoms with Gasteiger partial charge < -0.3 is 9.47 Å². The Bertz CT molecular complexity index is 112. The van der Waals surface area contributed by atoms with E-state index in [4.69, 9.17) is 9.47 Å². The highest BCUT2D eigenvalue weighted by Crippen LogP contribution is 1.95. The summed E-state index contributed by atoms with van der Waals surface area (Å²) in [6.45, 7) is 9.75. The second-order valence-corrected chi connectivity index (χ2v) is 2.83. The van der Waals surface area contributed by atoms with Crippen molar-refractivity contribution in [2.24, 2.45) is 0 Å². The quantitative estimate of drug-likeness (QED) is 0.427. The molecule has 13 heavy (non-hydrogen) atoms. The van der Waals surface area contributed by atoms with Gasteiger partial charge >= 0.3 is 0 Å². The summed E-state index contributed by atoms with van der Waals surface area (Å²) >= 11 is 0. The highest BCUT2D eigenvalue weighted by atomic mass is 16.5. The first-order valence-electron chi connectivity index (χ1n) is 4.65. The van der Waals surface area contributed by atoms with E-state index in [1.807, 2.05) is 20.9 Å². The van der Waals surface area contributed by atoms with E-state index < -0.39 is 0 Å². The zero-order chi connectivity index (χ0) is 10.1. The fraction of sp³-hybridized carbons (Fsp3) is 0.889. The van der Waals surface area contributed by atoms with E-state index in [1.165, 1.54) is 0 Å². The molecule has 0 aromatic rings. The molecule has 4 nitrogen and oxygen atoms in total. The SMILES string of the molecule is [CH2]C(COCNC)OC(C)NCC. The average Bonchev–Trinajstić information content (AvgIpc) is 2.05. The van der Waals surface area contributed by atoms with E-state index in [-0.39, 0.29) is 12.3 Å². The van der Waals surface area contributed by atoms with Crippen molar-refractivity contribution >= 4 is 0 Å². The molecule has 0 aliphatic rings. The van der Waals surface area contributed by atoms with Crippen molar-refractivity contribution in [2.45, 2.75) is 26.2 Å². The molecule has 0 amide bonds. The topological polar surface area (TPSA) is 42.5 Å². The van der Waals surface area contributed by atoms with Crippen LogP contribution in [0.3, 0.4) is 0 Å².